The van der Waals surface area contributed by atoms with Crippen LogP contribution in [0.25, 0.3) is 16.6 Å². The first-order valence-corrected chi connectivity index (χ1v) is 9.80. The minimum absolute atomic E-state index is 0.137. The van der Waals surface area contributed by atoms with E-state index in [9.17, 15) is 9.18 Å². The molecule has 1 N–H and O–H groups in total. The molecule has 1 fully saturated rings. The molecule has 1 atom stereocenters. The molecule has 0 radical (unpaired) electrons. The van der Waals surface area contributed by atoms with Crippen LogP contribution in [0.1, 0.15) is 26.7 Å². The second-order valence-electron chi connectivity index (χ2n) is 7.58. The van der Waals surface area contributed by atoms with E-state index in [2.05, 4.69) is 10.4 Å². The van der Waals surface area contributed by atoms with Gasteiger partial charge in [-0.1, -0.05) is 0 Å². The fraction of sp³-hybridized carbons (Fsp3) is 0.364. The molecule has 2 aromatic carbocycles. The van der Waals surface area contributed by atoms with E-state index in [1.807, 2.05) is 24.4 Å². The summed E-state index contributed by atoms with van der Waals surface area (Å²) in [6.07, 6.45) is 4.34. The highest BCUT2D eigenvalue weighted by atomic mass is 19.1. The Morgan fingerprint density at radius 1 is 1.28 bits per heavy atom. The molecule has 1 aliphatic carbocycles. The predicted molar refractivity (Wildman–Crippen MR) is 108 cm³/mol. The molecule has 1 amide bonds. The maximum Gasteiger partial charge on any atom is 0.217 e. The number of rotatable bonds is 8. The Hall–Kier alpha value is -3.09. The van der Waals surface area contributed by atoms with Crippen molar-refractivity contribution in [2.75, 3.05) is 13.2 Å². The SMILES string of the molecule is CC(=O)N[C@@H](C)COc1ccc(-n2cc3ccc(OCC4CC4)cc3n2)cc1F. The van der Waals surface area contributed by atoms with Crippen LogP contribution in [0.2, 0.25) is 0 Å². The smallest absolute Gasteiger partial charge is 0.217 e. The summed E-state index contributed by atoms with van der Waals surface area (Å²) in [5.74, 6) is 0.999. The first-order chi connectivity index (χ1) is 14.0. The van der Waals surface area contributed by atoms with Crippen LogP contribution in [0, 0.1) is 11.7 Å². The van der Waals surface area contributed by atoms with E-state index in [0.29, 0.717) is 11.6 Å². The Balaban J connectivity index is 1.46. The fourth-order valence-electron chi connectivity index (χ4n) is 3.07. The summed E-state index contributed by atoms with van der Waals surface area (Å²) in [6.45, 7) is 4.16. The van der Waals surface area contributed by atoms with Crippen LogP contribution >= 0.6 is 0 Å². The van der Waals surface area contributed by atoms with Gasteiger partial charge in [-0.05, 0) is 49.9 Å². The molecular formula is C22H24FN3O3. The van der Waals surface area contributed by atoms with Crippen molar-refractivity contribution in [1.29, 1.82) is 0 Å². The van der Waals surface area contributed by atoms with E-state index < -0.39 is 5.82 Å². The summed E-state index contributed by atoms with van der Waals surface area (Å²) >= 11 is 0. The summed E-state index contributed by atoms with van der Waals surface area (Å²) in [6, 6.07) is 10.3. The lowest BCUT2D eigenvalue weighted by molar-refractivity contribution is -0.119. The van der Waals surface area contributed by atoms with E-state index in [-0.39, 0.29) is 24.3 Å². The molecule has 1 saturated carbocycles. The van der Waals surface area contributed by atoms with Gasteiger partial charge in [-0.3, -0.25) is 4.79 Å². The van der Waals surface area contributed by atoms with Crippen LogP contribution < -0.4 is 14.8 Å². The molecule has 0 bridgehead atoms. The zero-order valence-electron chi connectivity index (χ0n) is 16.5. The summed E-state index contributed by atoms with van der Waals surface area (Å²) in [5.41, 5.74) is 1.39. The fourth-order valence-corrected chi connectivity index (χ4v) is 3.07. The molecule has 6 nitrogen and oxygen atoms in total. The van der Waals surface area contributed by atoms with Crippen molar-refractivity contribution in [3.8, 4) is 17.2 Å². The molecule has 7 heteroatoms. The first kappa shape index (κ1) is 19.2. The van der Waals surface area contributed by atoms with E-state index in [1.165, 1.54) is 25.8 Å². The molecule has 0 saturated heterocycles. The zero-order chi connectivity index (χ0) is 20.4. The second-order valence-corrected chi connectivity index (χ2v) is 7.58. The Bertz CT molecular complexity index is 1030. The maximum absolute atomic E-state index is 14.5. The average Bonchev–Trinajstić information content (AvgIpc) is 3.41. The quantitative estimate of drug-likeness (QED) is 0.627. The molecule has 29 heavy (non-hydrogen) atoms. The molecule has 1 heterocycles. The van der Waals surface area contributed by atoms with Gasteiger partial charge in [-0.2, -0.15) is 5.10 Å². The maximum atomic E-state index is 14.5. The molecule has 0 unspecified atom stereocenters. The van der Waals surface area contributed by atoms with Gasteiger partial charge >= 0.3 is 0 Å². The average molecular weight is 397 g/mol. The van der Waals surface area contributed by atoms with Gasteiger partial charge in [-0.15, -0.1) is 0 Å². The third-order valence-electron chi connectivity index (χ3n) is 4.78. The Morgan fingerprint density at radius 3 is 2.83 bits per heavy atom. The molecule has 152 valence electrons. The van der Waals surface area contributed by atoms with Crippen molar-refractivity contribution in [2.24, 2.45) is 5.92 Å². The number of hydrogen-bond donors (Lipinski definition) is 1. The van der Waals surface area contributed by atoms with Crippen LogP contribution in [0.5, 0.6) is 11.5 Å². The van der Waals surface area contributed by atoms with E-state index in [4.69, 9.17) is 9.47 Å². The van der Waals surface area contributed by atoms with Gasteiger partial charge < -0.3 is 14.8 Å². The summed E-state index contributed by atoms with van der Waals surface area (Å²) in [7, 11) is 0. The van der Waals surface area contributed by atoms with Crippen molar-refractivity contribution in [3.05, 3.63) is 48.4 Å². The number of benzene rings is 2. The van der Waals surface area contributed by atoms with Crippen molar-refractivity contribution in [1.82, 2.24) is 15.1 Å². The molecule has 0 spiro atoms. The number of nitrogens with zero attached hydrogens (tertiary/aromatic N) is 2. The largest absolute Gasteiger partial charge is 0.493 e. The zero-order valence-corrected chi connectivity index (χ0v) is 16.5. The first-order valence-electron chi connectivity index (χ1n) is 9.80. The molecule has 0 aliphatic heterocycles. The predicted octanol–water partition coefficient (Wildman–Crippen LogP) is 3.86. The molecule has 3 aromatic rings. The van der Waals surface area contributed by atoms with Crippen LogP contribution in [-0.2, 0) is 4.79 Å². The van der Waals surface area contributed by atoms with Crippen LogP contribution in [-0.4, -0.2) is 34.9 Å². The lowest BCUT2D eigenvalue weighted by Crippen LogP contribution is -2.35. The number of amides is 1. The van der Waals surface area contributed by atoms with Gasteiger partial charge in [0.05, 0.1) is 23.9 Å². The van der Waals surface area contributed by atoms with Gasteiger partial charge in [0.25, 0.3) is 0 Å². The Morgan fingerprint density at radius 2 is 2.10 bits per heavy atom. The van der Waals surface area contributed by atoms with Crippen LogP contribution in [0.4, 0.5) is 4.39 Å². The van der Waals surface area contributed by atoms with Gasteiger partial charge in [0.1, 0.15) is 12.4 Å². The molecule has 1 aliphatic rings. The summed E-state index contributed by atoms with van der Waals surface area (Å²) in [5, 5.41) is 8.20. The third-order valence-corrected chi connectivity index (χ3v) is 4.78. The number of halogens is 1. The number of ether oxygens (including phenoxy) is 2. The number of carbonyl (C=O) groups excluding carboxylic acids is 1. The summed E-state index contributed by atoms with van der Waals surface area (Å²) in [4.78, 5) is 11.0. The van der Waals surface area contributed by atoms with Crippen molar-refractivity contribution in [3.63, 3.8) is 0 Å². The number of fused-ring (bicyclic) bond motifs is 1. The standard InChI is InChI=1S/C22H24FN3O3/c1-14(24-15(2)27)12-29-22-8-6-18(9-20(22)23)26-11-17-5-7-19(10-21(17)25-26)28-13-16-3-4-16/h5-11,14,16H,3-4,12-13H2,1-2H3,(H,24,27)/t14-/m0/s1. The van der Waals surface area contributed by atoms with Crippen LogP contribution in [0.3, 0.4) is 0 Å². The lowest BCUT2D eigenvalue weighted by atomic mass is 10.2. The molecule has 4 rings (SSSR count). The Kier molecular flexibility index (Phi) is 5.38. The van der Waals surface area contributed by atoms with Crippen molar-refractivity contribution in [2.45, 2.75) is 32.7 Å². The highest BCUT2D eigenvalue weighted by Gasteiger charge is 2.22. The Labute approximate surface area is 168 Å². The molecule has 1 aromatic heterocycles. The van der Waals surface area contributed by atoms with Crippen LogP contribution in [0.15, 0.2) is 42.6 Å². The number of nitrogens with one attached hydrogen (secondary N) is 1. The number of aromatic nitrogens is 2. The highest BCUT2D eigenvalue weighted by Crippen LogP contribution is 2.30. The lowest BCUT2D eigenvalue weighted by Gasteiger charge is -2.14. The van der Waals surface area contributed by atoms with E-state index in [1.54, 1.807) is 23.7 Å². The van der Waals surface area contributed by atoms with Gasteiger partial charge in [0.2, 0.25) is 5.91 Å². The van der Waals surface area contributed by atoms with E-state index >= 15 is 0 Å². The third kappa shape index (κ3) is 4.85. The summed E-state index contributed by atoms with van der Waals surface area (Å²) < 4.78 is 27.4. The van der Waals surface area contributed by atoms with Gasteiger partial charge in [0.15, 0.2) is 11.6 Å². The normalized spacial score (nSPS) is 14.6. The number of carbonyl (C=O) groups is 1. The van der Waals surface area contributed by atoms with Gasteiger partial charge in [-0.25, -0.2) is 9.07 Å². The topological polar surface area (TPSA) is 65.4 Å². The van der Waals surface area contributed by atoms with E-state index in [0.717, 1.165) is 23.3 Å². The minimum Gasteiger partial charge on any atom is -0.493 e. The molecular weight excluding hydrogens is 373 g/mol. The van der Waals surface area contributed by atoms with Crippen molar-refractivity contribution < 1.29 is 18.7 Å². The van der Waals surface area contributed by atoms with Gasteiger partial charge in [0, 0.05) is 30.6 Å². The minimum atomic E-state index is -0.481. The highest BCUT2D eigenvalue weighted by molar-refractivity contribution is 5.80. The second kappa shape index (κ2) is 8.11. The number of hydrogen-bond acceptors (Lipinski definition) is 4. The monoisotopic (exact) mass is 397 g/mol. The van der Waals surface area contributed by atoms with Crippen molar-refractivity contribution >= 4 is 16.8 Å².